The second-order valence-corrected chi connectivity index (χ2v) is 11.0. The van der Waals surface area contributed by atoms with Gasteiger partial charge in [-0.2, -0.15) is 4.31 Å². The van der Waals surface area contributed by atoms with Gasteiger partial charge in [0.05, 0.1) is 24.7 Å². The Morgan fingerprint density at radius 2 is 1.73 bits per heavy atom. The molecule has 2 aromatic rings. The van der Waals surface area contributed by atoms with Gasteiger partial charge < -0.3 is 9.30 Å². The van der Waals surface area contributed by atoms with Crippen molar-refractivity contribution in [3.8, 4) is 0 Å². The van der Waals surface area contributed by atoms with E-state index in [4.69, 9.17) is 4.74 Å². The van der Waals surface area contributed by atoms with Gasteiger partial charge in [-0.25, -0.2) is 8.42 Å². The standard InChI is InChI=1S/C23H35N3O3S/c1-23(2,3)20-8-10-22(11-9-20)30(27,28)26(19-21-7-5-12-24(21)4)14-6-13-25-15-17-29-18-16-25/h5,7-12H,6,13-19H2,1-4H3. The molecule has 0 N–H and O–H groups in total. The summed E-state index contributed by atoms with van der Waals surface area (Å²) in [5.41, 5.74) is 2.10. The van der Waals surface area contributed by atoms with E-state index in [0.29, 0.717) is 18.0 Å². The van der Waals surface area contributed by atoms with Crippen LogP contribution in [-0.2, 0) is 33.8 Å². The number of ether oxygens (including phenoxy) is 1. The molecule has 1 aliphatic rings. The Bertz CT molecular complexity index is 908. The monoisotopic (exact) mass is 433 g/mol. The van der Waals surface area contributed by atoms with Gasteiger partial charge in [-0.3, -0.25) is 4.90 Å². The second-order valence-electron chi connectivity index (χ2n) is 9.03. The zero-order valence-electron chi connectivity index (χ0n) is 18.7. The van der Waals surface area contributed by atoms with E-state index in [9.17, 15) is 8.42 Å². The van der Waals surface area contributed by atoms with Crippen LogP contribution in [0.5, 0.6) is 0 Å². The van der Waals surface area contributed by atoms with Crippen molar-refractivity contribution in [1.82, 2.24) is 13.8 Å². The lowest BCUT2D eigenvalue weighted by molar-refractivity contribution is 0.0368. The molecule has 7 heteroatoms. The van der Waals surface area contributed by atoms with Gasteiger partial charge in [0.25, 0.3) is 0 Å². The van der Waals surface area contributed by atoms with E-state index >= 15 is 0 Å². The molecule has 2 heterocycles. The van der Waals surface area contributed by atoms with Crippen LogP contribution in [0.1, 0.15) is 38.4 Å². The summed E-state index contributed by atoms with van der Waals surface area (Å²) >= 11 is 0. The Balaban J connectivity index is 1.77. The van der Waals surface area contributed by atoms with Crippen molar-refractivity contribution in [2.75, 3.05) is 39.4 Å². The molecule has 166 valence electrons. The first-order chi connectivity index (χ1) is 14.2. The van der Waals surface area contributed by atoms with Gasteiger partial charge in [0.15, 0.2) is 0 Å². The molecule has 0 spiro atoms. The van der Waals surface area contributed by atoms with Crippen LogP contribution in [0.15, 0.2) is 47.5 Å². The number of sulfonamides is 1. The quantitative estimate of drug-likeness (QED) is 0.641. The molecule has 0 amide bonds. The minimum atomic E-state index is -3.58. The highest BCUT2D eigenvalue weighted by Gasteiger charge is 2.26. The summed E-state index contributed by atoms with van der Waals surface area (Å²) in [6, 6.07) is 11.3. The zero-order chi connectivity index (χ0) is 21.8. The molecule has 1 fully saturated rings. The third kappa shape index (κ3) is 5.72. The second kappa shape index (κ2) is 9.64. The first kappa shape index (κ1) is 23.0. The smallest absolute Gasteiger partial charge is 0.243 e. The highest BCUT2D eigenvalue weighted by atomic mass is 32.2. The SMILES string of the molecule is Cn1cccc1CN(CCCN1CCOCC1)S(=O)(=O)c1ccc(C(C)(C)C)cc1. The molecule has 0 unspecified atom stereocenters. The van der Waals surface area contributed by atoms with Crippen molar-refractivity contribution in [3.63, 3.8) is 0 Å². The lowest BCUT2D eigenvalue weighted by atomic mass is 9.87. The molecule has 30 heavy (non-hydrogen) atoms. The summed E-state index contributed by atoms with van der Waals surface area (Å²) in [5.74, 6) is 0. The van der Waals surface area contributed by atoms with Gasteiger partial charge >= 0.3 is 0 Å². The van der Waals surface area contributed by atoms with Crippen LogP contribution in [0.25, 0.3) is 0 Å². The molecule has 1 aromatic heterocycles. The van der Waals surface area contributed by atoms with Crippen LogP contribution in [0.3, 0.4) is 0 Å². The van der Waals surface area contributed by atoms with E-state index in [1.165, 1.54) is 0 Å². The van der Waals surface area contributed by atoms with E-state index in [0.717, 1.165) is 50.5 Å². The highest BCUT2D eigenvalue weighted by Crippen LogP contribution is 2.25. The number of rotatable bonds is 8. The Kier molecular flexibility index (Phi) is 7.39. The molecule has 0 radical (unpaired) electrons. The van der Waals surface area contributed by atoms with Crippen LogP contribution < -0.4 is 0 Å². The number of morpholine rings is 1. The molecule has 1 aliphatic heterocycles. The maximum Gasteiger partial charge on any atom is 0.243 e. The molecule has 0 aliphatic carbocycles. The van der Waals surface area contributed by atoms with Crippen LogP contribution in [0.2, 0.25) is 0 Å². The van der Waals surface area contributed by atoms with Crippen molar-refractivity contribution in [2.45, 2.75) is 44.0 Å². The van der Waals surface area contributed by atoms with Gasteiger partial charge in [0.2, 0.25) is 10.0 Å². The first-order valence-electron chi connectivity index (χ1n) is 10.7. The van der Waals surface area contributed by atoms with Crippen molar-refractivity contribution >= 4 is 10.0 Å². The molecule has 0 bridgehead atoms. The van der Waals surface area contributed by atoms with E-state index in [2.05, 4.69) is 25.7 Å². The van der Waals surface area contributed by atoms with Crippen LogP contribution in [-0.4, -0.2) is 61.6 Å². The maximum absolute atomic E-state index is 13.5. The van der Waals surface area contributed by atoms with Crippen molar-refractivity contribution in [1.29, 1.82) is 0 Å². The first-order valence-corrected chi connectivity index (χ1v) is 12.1. The van der Waals surface area contributed by atoms with Crippen LogP contribution in [0, 0.1) is 0 Å². The van der Waals surface area contributed by atoms with Crippen molar-refractivity contribution in [3.05, 3.63) is 53.9 Å². The number of benzene rings is 1. The van der Waals surface area contributed by atoms with Gasteiger partial charge in [-0.15, -0.1) is 0 Å². The number of hydrogen-bond acceptors (Lipinski definition) is 4. The summed E-state index contributed by atoms with van der Waals surface area (Å²) in [6.07, 6.45) is 2.75. The summed E-state index contributed by atoms with van der Waals surface area (Å²) < 4.78 is 36.0. The van der Waals surface area contributed by atoms with Gasteiger partial charge in [-0.05, 0) is 48.2 Å². The highest BCUT2D eigenvalue weighted by molar-refractivity contribution is 7.89. The Labute approximate surface area is 181 Å². The maximum atomic E-state index is 13.5. The number of hydrogen-bond donors (Lipinski definition) is 0. The van der Waals surface area contributed by atoms with Gasteiger partial charge in [-0.1, -0.05) is 32.9 Å². The summed E-state index contributed by atoms with van der Waals surface area (Å²) in [5, 5.41) is 0. The Morgan fingerprint density at radius 1 is 1.07 bits per heavy atom. The fraction of sp³-hybridized carbons (Fsp3) is 0.565. The molecular weight excluding hydrogens is 398 g/mol. The fourth-order valence-electron chi connectivity index (χ4n) is 3.70. The topological polar surface area (TPSA) is 54.8 Å². The third-order valence-electron chi connectivity index (χ3n) is 5.73. The van der Waals surface area contributed by atoms with E-state index in [1.807, 2.05) is 42.1 Å². The fourth-order valence-corrected chi connectivity index (χ4v) is 5.15. The summed E-state index contributed by atoms with van der Waals surface area (Å²) in [4.78, 5) is 2.70. The average molecular weight is 434 g/mol. The predicted molar refractivity (Wildman–Crippen MR) is 120 cm³/mol. The Hall–Kier alpha value is -1.67. The van der Waals surface area contributed by atoms with Gasteiger partial charge in [0, 0.05) is 38.6 Å². The predicted octanol–water partition coefficient (Wildman–Crippen LogP) is 3.24. The lowest BCUT2D eigenvalue weighted by Gasteiger charge is -2.28. The molecule has 1 saturated heterocycles. The number of aryl methyl sites for hydroxylation is 1. The number of nitrogens with zero attached hydrogens (tertiary/aromatic N) is 3. The van der Waals surface area contributed by atoms with Crippen LogP contribution >= 0.6 is 0 Å². The van der Waals surface area contributed by atoms with E-state index in [1.54, 1.807) is 16.4 Å². The van der Waals surface area contributed by atoms with Crippen molar-refractivity contribution in [2.24, 2.45) is 7.05 Å². The minimum absolute atomic E-state index is 0.0107. The average Bonchev–Trinajstić information content (AvgIpc) is 3.12. The minimum Gasteiger partial charge on any atom is -0.379 e. The Morgan fingerprint density at radius 3 is 2.30 bits per heavy atom. The van der Waals surface area contributed by atoms with Crippen LogP contribution in [0.4, 0.5) is 0 Å². The molecule has 0 saturated carbocycles. The molecule has 6 nitrogen and oxygen atoms in total. The van der Waals surface area contributed by atoms with E-state index in [-0.39, 0.29) is 5.41 Å². The molecule has 1 aromatic carbocycles. The van der Waals surface area contributed by atoms with E-state index < -0.39 is 10.0 Å². The normalized spacial score (nSPS) is 16.3. The number of aromatic nitrogens is 1. The zero-order valence-corrected chi connectivity index (χ0v) is 19.5. The largest absolute Gasteiger partial charge is 0.379 e. The third-order valence-corrected chi connectivity index (χ3v) is 7.59. The lowest BCUT2D eigenvalue weighted by Crippen LogP contribution is -2.39. The molecule has 3 rings (SSSR count). The molecule has 0 atom stereocenters. The van der Waals surface area contributed by atoms with Gasteiger partial charge in [0.1, 0.15) is 0 Å². The summed E-state index contributed by atoms with van der Waals surface area (Å²) in [6.45, 7) is 11.5. The van der Waals surface area contributed by atoms with Crippen molar-refractivity contribution < 1.29 is 13.2 Å². The molecular formula is C23H35N3O3S. The summed E-state index contributed by atoms with van der Waals surface area (Å²) in [7, 11) is -1.63.